The molecule has 2 rings (SSSR count). The Bertz CT molecular complexity index is 567. The second-order valence-corrected chi connectivity index (χ2v) is 3.72. The van der Waals surface area contributed by atoms with Crippen molar-refractivity contribution in [2.75, 3.05) is 0 Å². The van der Waals surface area contributed by atoms with E-state index in [1.165, 1.54) is 6.07 Å². The molecule has 0 saturated heterocycles. The number of aromatic nitrogens is 1. The van der Waals surface area contributed by atoms with Crippen LogP contribution in [0.4, 0.5) is 4.39 Å². The molecule has 0 radical (unpaired) electrons. The summed E-state index contributed by atoms with van der Waals surface area (Å²) in [6.07, 6.45) is 3.16. The summed E-state index contributed by atoms with van der Waals surface area (Å²) in [5.41, 5.74) is 6.75. The molecule has 0 bridgehead atoms. The molecule has 1 aromatic heterocycles. The highest BCUT2D eigenvalue weighted by atomic mass is 19.1. The van der Waals surface area contributed by atoms with E-state index in [0.29, 0.717) is 11.1 Å². The molecule has 4 heteroatoms. The van der Waals surface area contributed by atoms with Gasteiger partial charge in [0, 0.05) is 23.5 Å². The zero-order chi connectivity index (χ0) is 12.4. The maximum Gasteiger partial charge on any atom is 0.251 e. The molecule has 3 nitrogen and oxygen atoms in total. The van der Waals surface area contributed by atoms with E-state index >= 15 is 0 Å². The quantitative estimate of drug-likeness (QED) is 0.860. The largest absolute Gasteiger partial charge is 0.366 e. The summed E-state index contributed by atoms with van der Waals surface area (Å²) in [4.78, 5) is 15.0. The van der Waals surface area contributed by atoms with Crippen molar-refractivity contribution in [1.82, 2.24) is 4.98 Å². The van der Waals surface area contributed by atoms with Gasteiger partial charge in [-0.3, -0.25) is 9.78 Å². The van der Waals surface area contributed by atoms with E-state index in [2.05, 4.69) is 4.98 Å². The molecular weight excluding hydrogens is 219 g/mol. The van der Waals surface area contributed by atoms with E-state index < -0.39 is 11.7 Å². The maximum atomic E-state index is 14.1. The first kappa shape index (κ1) is 11.3. The third-order valence-corrected chi connectivity index (χ3v) is 2.57. The van der Waals surface area contributed by atoms with Gasteiger partial charge < -0.3 is 5.73 Å². The summed E-state index contributed by atoms with van der Waals surface area (Å²) in [6, 6.07) is 6.52. The Hall–Kier alpha value is -2.23. The fourth-order valence-electron chi connectivity index (χ4n) is 1.73. The van der Waals surface area contributed by atoms with Crippen molar-refractivity contribution < 1.29 is 9.18 Å². The van der Waals surface area contributed by atoms with Gasteiger partial charge in [0.2, 0.25) is 0 Å². The molecular formula is C13H11FN2O. The van der Waals surface area contributed by atoms with Crippen LogP contribution in [-0.4, -0.2) is 10.9 Å². The van der Waals surface area contributed by atoms with Gasteiger partial charge in [0.1, 0.15) is 5.82 Å². The molecule has 2 aromatic rings. The van der Waals surface area contributed by atoms with Crippen LogP contribution in [0.1, 0.15) is 15.9 Å². The highest BCUT2D eigenvalue weighted by Crippen LogP contribution is 2.27. The van der Waals surface area contributed by atoms with Crippen molar-refractivity contribution in [3.8, 4) is 11.1 Å². The minimum absolute atomic E-state index is 0.102. The van der Waals surface area contributed by atoms with E-state index in [1.807, 2.05) is 0 Å². The van der Waals surface area contributed by atoms with Crippen molar-refractivity contribution in [3.05, 3.63) is 53.6 Å². The third-order valence-electron chi connectivity index (χ3n) is 2.57. The van der Waals surface area contributed by atoms with Crippen LogP contribution in [0.15, 0.2) is 36.7 Å². The fourth-order valence-corrected chi connectivity index (χ4v) is 1.73. The normalized spacial score (nSPS) is 10.2. The molecule has 0 saturated carbocycles. The molecule has 1 heterocycles. The van der Waals surface area contributed by atoms with Gasteiger partial charge in [0.25, 0.3) is 5.91 Å². The highest BCUT2D eigenvalue weighted by molar-refractivity contribution is 5.94. The van der Waals surface area contributed by atoms with Crippen molar-refractivity contribution in [1.29, 1.82) is 0 Å². The Morgan fingerprint density at radius 3 is 2.71 bits per heavy atom. The smallest absolute Gasteiger partial charge is 0.251 e. The number of rotatable bonds is 2. The van der Waals surface area contributed by atoms with Crippen LogP contribution in [0, 0.1) is 12.7 Å². The minimum atomic E-state index is -0.771. The molecule has 0 atom stereocenters. The summed E-state index contributed by atoms with van der Waals surface area (Å²) >= 11 is 0. The lowest BCUT2D eigenvalue weighted by atomic mass is 9.98. The predicted molar refractivity (Wildman–Crippen MR) is 62.9 cm³/mol. The SMILES string of the molecule is Cc1ccc(C(N)=O)c(F)c1-c1cccnc1. The highest BCUT2D eigenvalue weighted by Gasteiger charge is 2.16. The molecule has 0 spiro atoms. The van der Waals surface area contributed by atoms with Crippen LogP contribution in [0.2, 0.25) is 0 Å². The monoisotopic (exact) mass is 230 g/mol. The number of aryl methyl sites for hydroxylation is 1. The number of carbonyl (C=O) groups excluding carboxylic acids is 1. The topological polar surface area (TPSA) is 56.0 Å². The molecule has 0 fully saturated rings. The lowest BCUT2D eigenvalue weighted by Gasteiger charge is -2.09. The lowest BCUT2D eigenvalue weighted by molar-refractivity contribution is 0.0996. The van der Waals surface area contributed by atoms with E-state index in [0.717, 1.165) is 5.56 Å². The maximum absolute atomic E-state index is 14.1. The summed E-state index contributed by atoms with van der Waals surface area (Å²) in [5, 5.41) is 0. The number of primary amides is 1. The molecule has 86 valence electrons. The first-order chi connectivity index (χ1) is 8.11. The standard InChI is InChI=1S/C13H11FN2O/c1-8-4-5-10(13(15)17)12(14)11(8)9-3-2-6-16-7-9/h2-7H,1H3,(H2,15,17). The Morgan fingerprint density at radius 1 is 1.35 bits per heavy atom. The first-order valence-corrected chi connectivity index (χ1v) is 5.10. The minimum Gasteiger partial charge on any atom is -0.366 e. The van der Waals surface area contributed by atoms with E-state index in [1.54, 1.807) is 37.5 Å². The van der Waals surface area contributed by atoms with Crippen LogP contribution in [0.25, 0.3) is 11.1 Å². The molecule has 17 heavy (non-hydrogen) atoms. The number of nitrogens with two attached hydrogens (primary N) is 1. The number of hydrogen-bond donors (Lipinski definition) is 1. The Kier molecular flexibility index (Phi) is 2.87. The van der Waals surface area contributed by atoms with Gasteiger partial charge in [0.15, 0.2) is 0 Å². The number of carbonyl (C=O) groups is 1. The average Bonchev–Trinajstić information content (AvgIpc) is 2.30. The zero-order valence-electron chi connectivity index (χ0n) is 9.27. The molecule has 0 aliphatic rings. The van der Waals surface area contributed by atoms with Gasteiger partial charge in [-0.1, -0.05) is 12.1 Å². The molecule has 0 unspecified atom stereocenters. The van der Waals surface area contributed by atoms with Crippen LogP contribution in [-0.2, 0) is 0 Å². The Labute approximate surface area is 98.1 Å². The van der Waals surface area contributed by atoms with E-state index in [-0.39, 0.29) is 5.56 Å². The summed E-state index contributed by atoms with van der Waals surface area (Å²) in [5.74, 6) is -1.36. The van der Waals surface area contributed by atoms with Crippen LogP contribution < -0.4 is 5.73 Å². The van der Waals surface area contributed by atoms with Crippen LogP contribution in [0.3, 0.4) is 0 Å². The average molecular weight is 230 g/mol. The van der Waals surface area contributed by atoms with E-state index in [9.17, 15) is 9.18 Å². The van der Waals surface area contributed by atoms with Gasteiger partial charge >= 0.3 is 0 Å². The van der Waals surface area contributed by atoms with Gasteiger partial charge in [-0.05, 0) is 24.6 Å². The molecule has 2 N–H and O–H groups in total. The summed E-state index contributed by atoms with van der Waals surface area (Å²) < 4.78 is 14.1. The second-order valence-electron chi connectivity index (χ2n) is 3.72. The molecule has 0 aliphatic heterocycles. The molecule has 1 aromatic carbocycles. The van der Waals surface area contributed by atoms with Crippen molar-refractivity contribution in [2.24, 2.45) is 5.73 Å². The molecule has 1 amide bonds. The third kappa shape index (κ3) is 2.01. The van der Waals surface area contributed by atoms with Gasteiger partial charge in [-0.15, -0.1) is 0 Å². The van der Waals surface area contributed by atoms with E-state index in [4.69, 9.17) is 5.73 Å². The first-order valence-electron chi connectivity index (χ1n) is 5.10. The predicted octanol–water partition coefficient (Wildman–Crippen LogP) is 2.30. The van der Waals surface area contributed by atoms with Crippen molar-refractivity contribution in [3.63, 3.8) is 0 Å². The zero-order valence-corrected chi connectivity index (χ0v) is 9.27. The Balaban J connectivity index is 2.69. The molecule has 0 aliphatic carbocycles. The number of pyridine rings is 1. The summed E-state index contributed by atoms with van der Waals surface area (Å²) in [7, 11) is 0. The van der Waals surface area contributed by atoms with Crippen LogP contribution in [0.5, 0.6) is 0 Å². The number of nitrogens with zero attached hydrogens (tertiary/aromatic N) is 1. The number of halogens is 1. The number of benzene rings is 1. The van der Waals surface area contributed by atoms with Gasteiger partial charge in [0.05, 0.1) is 5.56 Å². The van der Waals surface area contributed by atoms with Crippen molar-refractivity contribution in [2.45, 2.75) is 6.92 Å². The van der Waals surface area contributed by atoms with Gasteiger partial charge in [-0.25, -0.2) is 4.39 Å². The van der Waals surface area contributed by atoms with Crippen molar-refractivity contribution >= 4 is 5.91 Å². The van der Waals surface area contributed by atoms with Crippen LogP contribution >= 0.6 is 0 Å². The second kappa shape index (κ2) is 4.33. The fraction of sp³-hybridized carbons (Fsp3) is 0.0769. The number of hydrogen-bond acceptors (Lipinski definition) is 2. The Morgan fingerprint density at radius 2 is 2.12 bits per heavy atom. The summed E-state index contributed by atoms with van der Waals surface area (Å²) in [6.45, 7) is 1.77. The number of amides is 1. The lowest BCUT2D eigenvalue weighted by Crippen LogP contribution is -2.14. The van der Waals surface area contributed by atoms with Gasteiger partial charge in [-0.2, -0.15) is 0 Å².